The quantitative estimate of drug-likeness (QED) is 0.832. The highest BCUT2D eigenvalue weighted by molar-refractivity contribution is 8.15. The summed E-state index contributed by atoms with van der Waals surface area (Å²) in [6.07, 6.45) is 11.9. The number of hydrogen-bond acceptors (Lipinski definition) is 3. The lowest BCUT2D eigenvalue weighted by molar-refractivity contribution is -0.119. The number of carbonyl (C=O) groups is 1. The monoisotopic (exact) mass is 264 g/mol. The molecule has 3 nitrogen and oxygen atoms in total. The van der Waals surface area contributed by atoms with Crippen molar-refractivity contribution in [1.29, 1.82) is 0 Å². The lowest BCUT2D eigenvalue weighted by Gasteiger charge is -2.12. The molecule has 1 heterocycles. The smallest absolute Gasteiger partial charge is 0.239 e. The van der Waals surface area contributed by atoms with Gasteiger partial charge in [0.05, 0.1) is 5.25 Å². The molecule has 0 bridgehead atoms. The van der Waals surface area contributed by atoms with Crippen LogP contribution in [0.25, 0.3) is 0 Å². The number of aliphatic imine (C=N–C) groups is 1. The number of amides is 1. The van der Waals surface area contributed by atoms with Crippen LogP contribution in [0.5, 0.6) is 0 Å². The van der Waals surface area contributed by atoms with E-state index in [2.05, 4.69) is 16.4 Å². The average Bonchev–Trinajstić information content (AvgIpc) is 3.00. The molecule has 1 aliphatic heterocycles. The minimum atomic E-state index is 0.121. The van der Waals surface area contributed by atoms with E-state index in [1.807, 2.05) is 0 Å². The van der Waals surface area contributed by atoms with E-state index in [0.717, 1.165) is 23.7 Å². The molecular weight excluding hydrogens is 244 g/mol. The van der Waals surface area contributed by atoms with Crippen LogP contribution in [0.3, 0.4) is 0 Å². The van der Waals surface area contributed by atoms with Gasteiger partial charge in [-0.2, -0.15) is 0 Å². The number of nitrogens with one attached hydrogen (secondary N) is 1. The molecule has 3 rings (SSSR count). The molecule has 1 atom stereocenters. The fraction of sp³-hybridized carbons (Fsp3) is 0.714. The van der Waals surface area contributed by atoms with Gasteiger partial charge in [-0.05, 0) is 44.4 Å². The first-order valence-corrected chi connectivity index (χ1v) is 7.96. The third-order valence-corrected chi connectivity index (χ3v) is 5.34. The van der Waals surface area contributed by atoms with Gasteiger partial charge in [-0.15, -0.1) is 0 Å². The lowest BCUT2D eigenvalue weighted by atomic mass is 10.0. The summed E-state index contributed by atoms with van der Waals surface area (Å²) in [5.74, 6) is 0.755. The fourth-order valence-corrected chi connectivity index (χ4v) is 4.26. The van der Waals surface area contributed by atoms with Crippen LogP contribution >= 0.6 is 11.8 Å². The SMILES string of the molecule is O=C1NC(=NC2=CCCCC2)SC1C1CCCC1. The molecule has 4 heteroatoms. The van der Waals surface area contributed by atoms with Crippen molar-refractivity contribution in [3.05, 3.63) is 11.8 Å². The average molecular weight is 264 g/mol. The van der Waals surface area contributed by atoms with E-state index in [9.17, 15) is 4.79 Å². The molecule has 0 spiro atoms. The Balaban J connectivity index is 1.67. The number of carbonyl (C=O) groups excluding carboxylic acids is 1. The van der Waals surface area contributed by atoms with Crippen molar-refractivity contribution in [3.8, 4) is 0 Å². The maximum Gasteiger partial charge on any atom is 0.239 e. The van der Waals surface area contributed by atoms with E-state index < -0.39 is 0 Å². The van der Waals surface area contributed by atoms with Crippen LogP contribution < -0.4 is 5.32 Å². The van der Waals surface area contributed by atoms with E-state index in [-0.39, 0.29) is 11.2 Å². The molecule has 0 aromatic rings. The summed E-state index contributed by atoms with van der Waals surface area (Å²) in [7, 11) is 0. The zero-order valence-corrected chi connectivity index (χ0v) is 11.5. The Kier molecular flexibility index (Phi) is 3.73. The van der Waals surface area contributed by atoms with Gasteiger partial charge in [-0.1, -0.05) is 30.7 Å². The Morgan fingerprint density at radius 1 is 1.22 bits per heavy atom. The highest BCUT2D eigenvalue weighted by atomic mass is 32.2. The molecule has 1 saturated carbocycles. The zero-order chi connectivity index (χ0) is 12.4. The molecule has 2 aliphatic carbocycles. The van der Waals surface area contributed by atoms with E-state index in [4.69, 9.17) is 0 Å². The second-order valence-corrected chi connectivity index (χ2v) is 6.56. The largest absolute Gasteiger partial charge is 0.304 e. The third-order valence-electron chi connectivity index (χ3n) is 4.07. The van der Waals surface area contributed by atoms with Gasteiger partial charge in [-0.3, -0.25) is 4.79 Å². The zero-order valence-electron chi connectivity index (χ0n) is 10.7. The molecule has 0 radical (unpaired) electrons. The van der Waals surface area contributed by atoms with E-state index in [0.29, 0.717) is 5.92 Å². The van der Waals surface area contributed by atoms with Gasteiger partial charge < -0.3 is 5.32 Å². The Hall–Kier alpha value is -0.770. The first kappa shape index (κ1) is 12.3. The van der Waals surface area contributed by atoms with Crippen LogP contribution in [-0.4, -0.2) is 16.3 Å². The number of rotatable bonds is 2. The van der Waals surface area contributed by atoms with Crippen molar-refractivity contribution in [1.82, 2.24) is 5.32 Å². The maximum absolute atomic E-state index is 12.0. The predicted octanol–water partition coefficient (Wildman–Crippen LogP) is 3.22. The Labute approximate surface area is 113 Å². The Morgan fingerprint density at radius 3 is 2.78 bits per heavy atom. The van der Waals surface area contributed by atoms with Crippen molar-refractivity contribution in [3.63, 3.8) is 0 Å². The topological polar surface area (TPSA) is 41.5 Å². The Morgan fingerprint density at radius 2 is 2.06 bits per heavy atom. The van der Waals surface area contributed by atoms with Crippen molar-refractivity contribution < 1.29 is 4.79 Å². The molecule has 0 aromatic carbocycles. The maximum atomic E-state index is 12.0. The van der Waals surface area contributed by atoms with Gasteiger partial charge >= 0.3 is 0 Å². The van der Waals surface area contributed by atoms with Crippen molar-refractivity contribution >= 4 is 22.8 Å². The summed E-state index contributed by atoms with van der Waals surface area (Å²) in [6, 6.07) is 0. The van der Waals surface area contributed by atoms with Crippen molar-refractivity contribution in [2.45, 2.75) is 56.6 Å². The molecule has 2 fully saturated rings. The number of amidine groups is 1. The molecule has 1 amide bonds. The van der Waals surface area contributed by atoms with Gasteiger partial charge in [0.25, 0.3) is 0 Å². The molecule has 1 N–H and O–H groups in total. The van der Waals surface area contributed by atoms with Crippen LogP contribution in [0.1, 0.15) is 51.4 Å². The van der Waals surface area contributed by atoms with E-state index >= 15 is 0 Å². The number of thioether (sulfide) groups is 1. The summed E-state index contributed by atoms with van der Waals surface area (Å²) < 4.78 is 0. The number of allylic oxidation sites excluding steroid dienone is 2. The van der Waals surface area contributed by atoms with Crippen LogP contribution in [0.2, 0.25) is 0 Å². The van der Waals surface area contributed by atoms with Crippen LogP contribution in [-0.2, 0) is 4.79 Å². The molecule has 18 heavy (non-hydrogen) atoms. The summed E-state index contributed by atoms with van der Waals surface area (Å²) in [4.78, 5) is 16.6. The molecule has 98 valence electrons. The summed E-state index contributed by atoms with van der Waals surface area (Å²) in [5.41, 5.74) is 1.16. The first-order valence-electron chi connectivity index (χ1n) is 7.08. The normalized spacial score (nSPS) is 31.8. The summed E-state index contributed by atoms with van der Waals surface area (Å²) in [5, 5.41) is 3.92. The minimum absolute atomic E-state index is 0.121. The van der Waals surface area contributed by atoms with Gasteiger partial charge in [0, 0.05) is 5.70 Å². The van der Waals surface area contributed by atoms with Crippen LogP contribution in [0.4, 0.5) is 0 Å². The molecule has 0 aromatic heterocycles. The fourth-order valence-electron chi connectivity index (χ4n) is 3.06. The highest BCUT2D eigenvalue weighted by Crippen LogP contribution is 2.37. The highest BCUT2D eigenvalue weighted by Gasteiger charge is 2.37. The minimum Gasteiger partial charge on any atom is -0.304 e. The van der Waals surface area contributed by atoms with E-state index in [1.54, 1.807) is 11.8 Å². The van der Waals surface area contributed by atoms with Crippen LogP contribution in [0, 0.1) is 5.92 Å². The second kappa shape index (κ2) is 5.47. The third kappa shape index (κ3) is 2.63. The van der Waals surface area contributed by atoms with Crippen molar-refractivity contribution in [2.75, 3.05) is 0 Å². The second-order valence-electron chi connectivity index (χ2n) is 5.43. The van der Waals surface area contributed by atoms with Gasteiger partial charge in [0.2, 0.25) is 5.91 Å². The van der Waals surface area contributed by atoms with Crippen LogP contribution in [0.15, 0.2) is 16.8 Å². The number of hydrogen-bond donors (Lipinski definition) is 1. The first-order chi connectivity index (χ1) is 8.83. The number of nitrogens with zero attached hydrogens (tertiary/aromatic N) is 1. The van der Waals surface area contributed by atoms with Crippen molar-refractivity contribution in [2.24, 2.45) is 10.9 Å². The molecular formula is C14H20N2OS. The predicted molar refractivity (Wildman–Crippen MR) is 75.5 cm³/mol. The van der Waals surface area contributed by atoms with Gasteiger partial charge in [-0.25, -0.2) is 4.99 Å². The summed E-state index contributed by atoms with van der Waals surface area (Å²) >= 11 is 1.66. The van der Waals surface area contributed by atoms with Gasteiger partial charge in [0.15, 0.2) is 5.17 Å². The summed E-state index contributed by atoms with van der Waals surface area (Å²) in [6.45, 7) is 0. The Bertz CT molecular complexity index is 397. The molecule has 1 unspecified atom stereocenters. The van der Waals surface area contributed by atoms with E-state index in [1.165, 1.54) is 38.5 Å². The standard InChI is InChI=1S/C14H20N2OS/c17-13-12(10-6-4-5-7-10)18-14(16-13)15-11-8-2-1-3-9-11/h8,10,12H,1-7,9H2,(H,15,16,17). The molecule has 1 saturated heterocycles. The molecule has 3 aliphatic rings. The van der Waals surface area contributed by atoms with Gasteiger partial charge in [0.1, 0.15) is 0 Å². The lowest BCUT2D eigenvalue weighted by Crippen LogP contribution is -2.28.